The number of aromatic nitrogens is 1. The standard InChI is InChI=1S/C23H29N3O3S3/c1-4-6-15-26(16-7-5-2)32(28,29)18-13-11-17(12-14-18)22(27)25-23-24-21-19(30-3)9-8-10-20(21)31-23/h8-14H,4-7,15-16H2,1-3H3,(H,24,25,27). The van der Waals surface area contributed by atoms with Crippen molar-refractivity contribution in [3.8, 4) is 0 Å². The van der Waals surface area contributed by atoms with Crippen molar-refractivity contribution in [2.75, 3.05) is 24.7 Å². The zero-order chi connectivity index (χ0) is 23.1. The molecule has 9 heteroatoms. The number of sulfonamides is 1. The van der Waals surface area contributed by atoms with Crippen LogP contribution in [-0.2, 0) is 10.0 Å². The van der Waals surface area contributed by atoms with Gasteiger partial charge in [0.1, 0.15) is 0 Å². The van der Waals surface area contributed by atoms with Gasteiger partial charge in [-0.05, 0) is 55.5 Å². The van der Waals surface area contributed by atoms with Gasteiger partial charge >= 0.3 is 0 Å². The summed E-state index contributed by atoms with van der Waals surface area (Å²) in [5, 5.41) is 3.36. The first-order valence-electron chi connectivity index (χ1n) is 10.8. The van der Waals surface area contributed by atoms with E-state index in [1.807, 2.05) is 38.3 Å². The second-order valence-electron chi connectivity index (χ2n) is 7.42. The van der Waals surface area contributed by atoms with Gasteiger partial charge < -0.3 is 0 Å². The molecule has 6 nitrogen and oxygen atoms in total. The van der Waals surface area contributed by atoms with Crippen LogP contribution >= 0.6 is 23.1 Å². The van der Waals surface area contributed by atoms with E-state index in [1.54, 1.807) is 28.2 Å². The topological polar surface area (TPSA) is 79.4 Å². The summed E-state index contributed by atoms with van der Waals surface area (Å²) in [6, 6.07) is 12.1. The number of benzene rings is 2. The number of fused-ring (bicyclic) bond motifs is 1. The number of anilines is 1. The Balaban J connectivity index is 1.76. The van der Waals surface area contributed by atoms with Gasteiger partial charge in [-0.1, -0.05) is 44.1 Å². The molecule has 0 aliphatic rings. The van der Waals surface area contributed by atoms with E-state index in [-0.39, 0.29) is 10.8 Å². The number of para-hydroxylation sites is 1. The van der Waals surface area contributed by atoms with Gasteiger partial charge in [-0.2, -0.15) is 4.31 Å². The van der Waals surface area contributed by atoms with Crippen LogP contribution in [0.5, 0.6) is 0 Å². The van der Waals surface area contributed by atoms with Crippen molar-refractivity contribution >= 4 is 54.4 Å². The minimum Gasteiger partial charge on any atom is -0.298 e. The lowest BCUT2D eigenvalue weighted by Gasteiger charge is -2.22. The summed E-state index contributed by atoms with van der Waals surface area (Å²) in [5.41, 5.74) is 1.27. The molecule has 0 fully saturated rings. The molecule has 3 rings (SSSR count). The monoisotopic (exact) mass is 491 g/mol. The lowest BCUT2D eigenvalue weighted by molar-refractivity contribution is 0.102. The van der Waals surface area contributed by atoms with Crippen LogP contribution in [0.4, 0.5) is 5.13 Å². The molecule has 0 saturated carbocycles. The summed E-state index contributed by atoms with van der Waals surface area (Å²) < 4.78 is 28.7. The van der Waals surface area contributed by atoms with E-state index in [1.165, 1.54) is 23.5 Å². The molecule has 1 heterocycles. The summed E-state index contributed by atoms with van der Waals surface area (Å²) in [5.74, 6) is -0.312. The first-order valence-corrected chi connectivity index (χ1v) is 14.2. The molecule has 0 unspecified atom stereocenters. The second kappa shape index (κ2) is 11.3. The van der Waals surface area contributed by atoms with E-state index >= 15 is 0 Å². The average Bonchev–Trinajstić information content (AvgIpc) is 3.21. The molecule has 0 spiro atoms. The maximum absolute atomic E-state index is 13.1. The average molecular weight is 492 g/mol. The van der Waals surface area contributed by atoms with Gasteiger partial charge in [0, 0.05) is 23.5 Å². The van der Waals surface area contributed by atoms with Gasteiger partial charge in [0.15, 0.2) is 5.13 Å². The summed E-state index contributed by atoms with van der Waals surface area (Å²) in [6.07, 6.45) is 5.50. The normalized spacial score (nSPS) is 11.9. The van der Waals surface area contributed by atoms with E-state index in [0.29, 0.717) is 23.8 Å². The molecule has 3 aromatic rings. The Labute approximate surface area is 198 Å². The number of nitrogens with zero attached hydrogens (tertiary/aromatic N) is 2. The van der Waals surface area contributed by atoms with Crippen LogP contribution in [0, 0.1) is 0 Å². The zero-order valence-electron chi connectivity index (χ0n) is 18.6. The van der Waals surface area contributed by atoms with Crippen LogP contribution < -0.4 is 5.32 Å². The van der Waals surface area contributed by atoms with Gasteiger partial charge in [-0.3, -0.25) is 10.1 Å². The Kier molecular flexibility index (Phi) is 8.70. The maximum Gasteiger partial charge on any atom is 0.257 e. The molecule has 172 valence electrons. The summed E-state index contributed by atoms with van der Waals surface area (Å²) in [7, 11) is -3.58. The fourth-order valence-electron chi connectivity index (χ4n) is 3.26. The zero-order valence-corrected chi connectivity index (χ0v) is 21.1. The third kappa shape index (κ3) is 5.70. The number of hydrogen-bond acceptors (Lipinski definition) is 6. The molecule has 2 aromatic carbocycles. The molecule has 0 radical (unpaired) electrons. The third-order valence-corrected chi connectivity index (χ3v) is 8.72. The molecular formula is C23H29N3O3S3. The van der Waals surface area contributed by atoms with Gasteiger partial charge in [-0.25, -0.2) is 13.4 Å². The number of carbonyl (C=O) groups is 1. The number of nitrogens with one attached hydrogen (secondary N) is 1. The molecule has 32 heavy (non-hydrogen) atoms. The molecule has 0 aliphatic heterocycles. The highest BCUT2D eigenvalue weighted by atomic mass is 32.2. The first-order chi connectivity index (χ1) is 15.4. The molecule has 0 bridgehead atoms. The fourth-order valence-corrected chi connectivity index (χ4v) is 6.29. The number of unbranched alkanes of at least 4 members (excludes halogenated alkanes) is 2. The van der Waals surface area contributed by atoms with Crippen molar-refractivity contribution in [1.82, 2.24) is 9.29 Å². The van der Waals surface area contributed by atoms with E-state index in [9.17, 15) is 13.2 Å². The smallest absolute Gasteiger partial charge is 0.257 e. The van der Waals surface area contributed by atoms with Crippen molar-refractivity contribution in [2.24, 2.45) is 0 Å². The minimum atomic E-state index is -3.58. The number of carbonyl (C=O) groups excluding carboxylic acids is 1. The Hall–Kier alpha value is -1.94. The van der Waals surface area contributed by atoms with Gasteiger partial charge in [0.05, 0.1) is 15.1 Å². The van der Waals surface area contributed by atoms with Crippen LogP contribution in [0.15, 0.2) is 52.3 Å². The minimum absolute atomic E-state index is 0.214. The number of hydrogen-bond donors (Lipinski definition) is 1. The van der Waals surface area contributed by atoms with Crippen molar-refractivity contribution in [3.63, 3.8) is 0 Å². The predicted molar refractivity (Wildman–Crippen MR) is 134 cm³/mol. The second-order valence-corrected chi connectivity index (χ2v) is 11.2. The Morgan fingerprint density at radius 1 is 1.06 bits per heavy atom. The number of thioether (sulfide) groups is 1. The maximum atomic E-state index is 13.1. The quantitative estimate of drug-likeness (QED) is 0.340. The molecule has 1 aromatic heterocycles. The highest BCUT2D eigenvalue weighted by Crippen LogP contribution is 2.32. The van der Waals surface area contributed by atoms with Crippen LogP contribution in [-0.4, -0.2) is 43.0 Å². The largest absolute Gasteiger partial charge is 0.298 e. The van der Waals surface area contributed by atoms with Crippen LogP contribution in [0.1, 0.15) is 49.9 Å². The van der Waals surface area contributed by atoms with E-state index in [4.69, 9.17) is 0 Å². The van der Waals surface area contributed by atoms with Crippen molar-refractivity contribution < 1.29 is 13.2 Å². The van der Waals surface area contributed by atoms with E-state index in [2.05, 4.69) is 10.3 Å². The Morgan fingerprint density at radius 3 is 2.31 bits per heavy atom. The molecule has 0 atom stereocenters. The highest BCUT2D eigenvalue weighted by molar-refractivity contribution is 7.98. The SMILES string of the molecule is CCCCN(CCCC)S(=O)(=O)c1ccc(C(=O)Nc2nc3c(SC)cccc3s2)cc1. The van der Waals surface area contributed by atoms with Crippen LogP contribution in [0.2, 0.25) is 0 Å². The third-order valence-electron chi connectivity index (χ3n) is 5.10. The number of rotatable bonds is 11. The molecule has 1 N–H and O–H groups in total. The highest BCUT2D eigenvalue weighted by Gasteiger charge is 2.24. The van der Waals surface area contributed by atoms with E-state index < -0.39 is 10.0 Å². The summed E-state index contributed by atoms with van der Waals surface area (Å²) in [6.45, 7) is 5.12. The molecule has 1 amide bonds. The number of amides is 1. The van der Waals surface area contributed by atoms with Crippen LogP contribution in [0.3, 0.4) is 0 Å². The van der Waals surface area contributed by atoms with Gasteiger partial charge in [-0.15, -0.1) is 11.8 Å². The molecule has 0 aliphatic carbocycles. The fraction of sp³-hybridized carbons (Fsp3) is 0.391. The first kappa shape index (κ1) is 24.7. The molecule has 0 saturated heterocycles. The van der Waals surface area contributed by atoms with E-state index in [0.717, 1.165) is 40.8 Å². The van der Waals surface area contributed by atoms with Crippen molar-refractivity contribution in [1.29, 1.82) is 0 Å². The number of thiazole rings is 1. The Morgan fingerprint density at radius 2 is 1.72 bits per heavy atom. The summed E-state index contributed by atoms with van der Waals surface area (Å²) in [4.78, 5) is 18.5. The van der Waals surface area contributed by atoms with Crippen molar-refractivity contribution in [3.05, 3.63) is 48.0 Å². The Bertz CT molecular complexity index is 1150. The lowest BCUT2D eigenvalue weighted by Crippen LogP contribution is -2.33. The van der Waals surface area contributed by atoms with Gasteiger partial charge in [0.25, 0.3) is 5.91 Å². The lowest BCUT2D eigenvalue weighted by atomic mass is 10.2. The van der Waals surface area contributed by atoms with Crippen molar-refractivity contribution in [2.45, 2.75) is 49.3 Å². The summed E-state index contributed by atoms with van der Waals surface area (Å²) >= 11 is 3.03. The molecular weight excluding hydrogens is 462 g/mol. The van der Waals surface area contributed by atoms with Crippen LogP contribution in [0.25, 0.3) is 10.2 Å². The predicted octanol–water partition coefficient (Wildman–Crippen LogP) is 5.86. The van der Waals surface area contributed by atoms with Gasteiger partial charge in [0.2, 0.25) is 10.0 Å².